The zero-order valence-corrected chi connectivity index (χ0v) is 35.3. The molecule has 4 aromatic carbocycles. The number of rotatable bonds is 16. The maximum absolute atomic E-state index is 13.6. The van der Waals surface area contributed by atoms with Gasteiger partial charge >= 0.3 is 5.97 Å². The molecule has 3 fully saturated rings. The van der Waals surface area contributed by atoms with E-state index in [1.54, 1.807) is 27.9 Å². The van der Waals surface area contributed by atoms with Gasteiger partial charge in [-0.15, -0.1) is 0 Å². The lowest BCUT2D eigenvalue weighted by Gasteiger charge is -2.50. The summed E-state index contributed by atoms with van der Waals surface area (Å²) in [4.78, 5) is 26.5. The van der Waals surface area contributed by atoms with Crippen LogP contribution in [0.2, 0.25) is 0 Å². The quantitative estimate of drug-likeness (QED) is 0.125. The number of hydrogen-bond donors (Lipinski definition) is 1. The molecule has 3 saturated heterocycles. The van der Waals surface area contributed by atoms with Gasteiger partial charge in [0.1, 0.15) is 42.7 Å². The van der Waals surface area contributed by atoms with Crippen LogP contribution >= 0.6 is 0 Å². The van der Waals surface area contributed by atoms with Crippen LogP contribution in [0.15, 0.2) is 121 Å². The van der Waals surface area contributed by atoms with Crippen molar-refractivity contribution < 1.29 is 57.0 Å². The van der Waals surface area contributed by atoms with Crippen molar-refractivity contribution in [1.29, 1.82) is 0 Å². The van der Waals surface area contributed by atoms with Crippen LogP contribution in [0.5, 0.6) is 0 Å². The fraction of sp³-hybridized carbons (Fsp3) is 0.458. The molecule has 0 spiro atoms. The Kier molecular flexibility index (Phi) is 15.3. The van der Waals surface area contributed by atoms with E-state index in [1.807, 2.05) is 121 Å². The molecule has 7 rings (SSSR count). The second kappa shape index (κ2) is 21.0. The lowest BCUT2D eigenvalue weighted by molar-refractivity contribution is -0.357. The molecule has 13 heteroatoms. The van der Waals surface area contributed by atoms with Crippen LogP contribution in [-0.2, 0) is 76.8 Å². The largest absolute Gasteiger partial charge is 0.457 e. The minimum absolute atomic E-state index is 0.102. The van der Waals surface area contributed by atoms with Gasteiger partial charge in [0.25, 0.3) is 0 Å². The molecule has 1 N–H and O–H groups in total. The lowest BCUT2D eigenvalue weighted by atomic mass is 9.93. The summed E-state index contributed by atoms with van der Waals surface area (Å²) in [5, 5.41) is 2.95. The molecule has 0 bridgehead atoms. The molecule has 13 nitrogen and oxygen atoms in total. The van der Waals surface area contributed by atoms with Gasteiger partial charge < -0.3 is 52.7 Å². The van der Waals surface area contributed by atoms with Gasteiger partial charge in [-0.2, -0.15) is 0 Å². The summed E-state index contributed by atoms with van der Waals surface area (Å²) in [5.41, 5.74) is 2.80. The zero-order chi connectivity index (χ0) is 42.8. The number of benzene rings is 4. The van der Waals surface area contributed by atoms with E-state index in [4.69, 9.17) is 47.4 Å². The van der Waals surface area contributed by atoms with Crippen molar-refractivity contribution in [3.8, 4) is 0 Å². The van der Waals surface area contributed by atoms with E-state index in [0.29, 0.717) is 0 Å². The van der Waals surface area contributed by atoms with Gasteiger partial charge in [0, 0.05) is 19.6 Å². The Morgan fingerprint density at radius 1 is 0.639 bits per heavy atom. The summed E-state index contributed by atoms with van der Waals surface area (Å²) in [6.07, 6.45) is -8.34. The molecule has 326 valence electrons. The number of methoxy groups -OCH3 is 1. The first-order valence-electron chi connectivity index (χ1n) is 20.8. The minimum Gasteiger partial charge on any atom is -0.457 e. The average molecular weight is 840 g/mol. The Morgan fingerprint density at radius 3 is 1.69 bits per heavy atom. The first-order chi connectivity index (χ1) is 29.6. The van der Waals surface area contributed by atoms with E-state index in [1.165, 1.54) is 6.92 Å². The smallest absolute Gasteiger partial charge is 0.311 e. The second-order valence-corrected chi connectivity index (χ2v) is 16.5. The predicted molar refractivity (Wildman–Crippen MR) is 222 cm³/mol. The number of ether oxygens (including phenoxy) is 10. The van der Waals surface area contributed by atoms with Crippen molar-refractivity contribution >= 4 is 11.9 Å². The van der Waals surface area contributed by atoms with Crippen molar-refractivity contribution in [1.82, 2.24) is 5.32 Å². The SMILES string of the molecule is CO[C@H]1O[C@H](CO[C@@H]2O[C@@H]3COC(c4ccccc4)O[C@H]3[C@H](OC(=O)C(C)(C)C)[C@@H]2NC(C)=O)[C@@H](OCc2ccccc2)[C@H](OCc2ccccc2)[C@H]1OCc1ccccc1. The van der Waals surface area contributed by atoms with Gasteiger partial charge in [0.2, 0.25) is 5.91 Å². The van der Waals surface area contributed by atoms with Crippen LogP contribution in [-0.4, -0.2) is 93.5 Å². The fourth-order valence-electron chi connectivity index (χ4n) is 7.58. The Balaban J connectivity index is 1.18. The molecule has 0 saturated carbocycles. The zero-order valence-electron chi connectivity index (χ0n) is 35.3. The maximum atomic E-state index is 13.6. The molecule has 0 radical (unpaired) electrons. The lowest BCUT2D eigenvalue weighted by Crippen LogP contribution is -2.68. The van der Waals surface area contributed by atoms with Gasteiger partial charge in [-0.25, -0.2) is 0 Å². The number of nitrogens with one attached hydrogen (secondary N) is 1. The minimum atomic E-state index is -1.14. The number of fused-ring (bicyclic) bond motifs is 1. The molecule has 61 heavy (non-hydrogen) atoms. The molecule has 1 amide bonds. The van der Waals surface area contributed by atoms with Gasteiger partial charge in [-0.3, -0.25) is 9.59 Å². The monoisotopic (exact) mass is 839 g/mol. The van der Waals surface area contributed by atoms with Crippen LogP contribution < -0.4 is 5.32 Å². The summed E-state index contributed by atoms with van der Waals surface area (Å²) in [6.45, 7) is 7.44. The van der Waals surface area contributed by atoms with Crippen molar-refractivity contribution in [3.05, 3.63) is 144 Å². The Labute approximate surface area is 357 Å². The predicted octanol–water partition coefficient (Wildman–Crippen LogP) is 6.43. The molecule has 0 aliphatic carbocycles. The molecule has 0 aromatic heterocycles. The number of hydrogen-bond acceptors (Lipinski definition) is 12. The van der Waals surface area contributed by atoms with Crippen LogP contribution in [0, 0.1) is 5.41 Å². The van der Waals surface area contributed by atoms with E-state index >= 15 is 0 Å². The second-order valence-electron chi connectivity index (χ2n) is 16.5. The highest BCUT2D eigenvalue weighted by atomic mass is 16.8. The Hall–Kier alpha value is -4.54. The van der Waals surface area contributed by atoms with E-state index < -0.39 is 79.0 Å². The highest BCUT2D eigenvalue weighted by Gasteiger charge is 2.55. The van der Waals surface area contributed by atoms with Crippen molar-refractivity contribution in [3.63, 3.8) is 0 Å². The summed E-state index contributed by atoms with van der Waals surface area (Å²) < 4.78 is 64.9. The highest BCUT2D eigenvalue weighted by molar-refractivity contribution is 5.76. The van der Waals surface area contributed by atoms with Crippen molar-refractivity contribution in [2.24, 2.45) is 5.41 Å². The summed E-state index contributed by atoms with van der Waals surface area (Å²) in [5.74, 6) is -0.860. The third-order valence-electron chi connectivity index (χ3n) is 10.7. The molecule has 4 aromatic rings. The number of carbonyl (C=O) groups excluding carboxylic acids is 2. The molecule has 3 heterocycles. The van der Waals surface area contributed by atoms with E-state index in [0.717, 1.165) is 22.3 Å². The van der Waals surface area contributed by atoms with Crippen LogP contribution in [0.4, 0.5) is 0 Å². The topological polar surface area (TPSA) is 138 Å². The first kappa shape index (κ1) is 44.5. The third-order valence-corrected chi connectivity index (χ3v) is 10.7. The van der Waals surface area contributed by atoms with Crippen molar-refractivity contribution in [2.75, 3.05) is 20.3 Å². The standard InChI is InChI=1S/C48H57NO12/c1-31(50)49-38-41(61-47(51)48(2,3)4)40-37(30-56-44(60-40)35-24-16-9-17-25-35)58-45(38)57-29-36-39(53-26-32-18-10-6-11-19-32)42(54-27-33-20-12-7-13-21-33)43(46(52-5)59-36)55-28-34-22-14-8-15-23-34/h6-25,36-46H,26-30H2,1-5H3,(H,49,50)/t36-,37-,38+,39-,40-,41-,42+,43-,44?,45-,46+/m1/s1. The van der Waals surface area contributed by atoms with Crippen LogP contribution in [0.25, 0.3) is 0 Å². The Bertz CT molecular complexity index is 1950. The third kappa shape index (κ3) is 11.7. The van der Waals surface area contributed by atoms with E-state index in [-0.39, 0.29) is 38.9 Å². The van der Waals surface area contributed by atoms with Gasteiger partial charge in [0.05, 0.1) is 38.4 Å². The molecule has 3 aliphatic rings. The summed E-state index contributed by atoms with van der Waals surface area (Å²) >= 11 is 0. The maximum Gasteiger partial charge on any atom is 0.311 e. The van der Waals surface area contributed by atoms with Gasteiger partial charge in [-0.05, 0) is 37.5 Å². The van der Waals surface area contributed by atoms with Gasteiger partial charge in [-0.1, -0.05) is 121 Å². The van der Waals surface area contributed by atoms with Crippen LogP contribution in [0.1, 0.15) is 56.2 Å². The molecule has 3 aliphatic heterocycles. The molecule has 1 unspecified atom stereocenters. The highest BCUT2D eigenvalue weighted by Crippen LogP contribution is 2.38. The summed E-state index contributed by atoms with van der Waals surface area (Å²) in [7, 11) is 1.55. The molecule has 11 atom stereocenters. The number of amides is 1. The van der Waals surface area contributed by atoms with Crippen LogP contribution in [0.3, 0.4) is 0 Å². The molecular weight excluding hydrogens is 783 g/mol. The number of esters is 1. The van der Waals surface area contributed by atoms with Gasteiger partial charge in [0.15, 0.2) is 25.0 Å². The van der Waals surface area contributed by atoms with E-state index in [2.05, 4.69) is 5.32 Å². The first-order valence-corrected chi connectivity index (χ1v) is 20.8. The Morgan fingerprint density at radius 2 is 1.16 bits per heavy atom. The number of carbonyl (C=O) groups is 2. The fourth-order valence-corrected chi connectivity index (χ4v) is 7.58. The normalized spacial score (nSPS) is 29.0. The average Bonchev–Trinajstić information content (AvgIpc) is 3.27. The molecular formula is C48H57NO12. The van der Waals surface area contributed by atoms with Crippen molar-refractivity contribution in [2.45, 2.75) is 115 Å². The summed E-state index contributed by atoms with van der Waals surface area (Å²) in [6, 6.07) is 38.0. The van der Waals surface area contributed by atoms with E-state index in [9.17, 15) is 9.59 Å².